The van der Waals surface area contributed by atoms with Gasteiger partial charge < -0.3 is 10.4 Å². The molecule has 20 heavy (non-hydrogen) atoms. The molecular weight excluding hydrogens is 369 g/mol. The number of hydrogen-bond donors (Lipinski definition) is 2. The summed E-state index contributed by atoms with van der Waals surface area (Å²) in [6.07, 6.45) is 2.94. The highest BCUT2D eigenvalue weighted by Crippen LogP contribution is 2.43. The molecule has 0 aliphatic heterocycles. The second-order valence-corrected chi connectivity index (χ2v) is 7.16. The SMILES string of the molecule is CC1(C)CCCC1C(=O)Nc1ccc(I)cc1C(=O)O. The molecule has 1 aromatic rings. The van der Waals surface area contributed by atoms with Gasteiger partial charge >= 0.3 is 5.97 Å². The van der Waals surface area contributed by atoms with E-state index in [1.807, 2.05) is 0 Å². The van der Waals surface area contributed by atoms with Gasteiger partial charge in [-0.3, -0.25) is 4.79 Å². The first kappa shape index (κ1) is 15.3. The number of benzene rings is 1. The quantitative estimate of drug-likeness (QED) is 0.777. The second-order valence-electron chi connectivity index (χ2n) is 5.92. The molecular formula is C15H18INO3. The number of hydrogen-bond acceptors (Lipinski definition) is 2. The standard InChI is InChI=1S/C15H18INO3/c1-15(2)7-3-4-11(15)13(18)17-12-6-5-9(16)8-10(12)14(19)20/h5-6,8,11H,3-4,7H2,1-2H3,(H,17,18)(H,19,20). The topological polar surface area (TPSA) is 66.4 Å². The minimum Gasteiger partial charge on any atom is -0.478 e. The van der Waals surface area contributed by atoms with Crippen LogP contribution in [0.25, 0.3) is 0 Å². The Hall–Kier alpha value is -1.11. The molecule has 2 rings (SSSR count). The number of nitrogens with one attached hydrogen (secondary N) is 1. The van der Waals surface area contributed by atoms with E-state index in [0.29, 0.717) is 5.69 Å². The van der Waals surface area contributed by atoms with Gasteiger partial charge in [0.25, 0.3) is 0 Å². The normalized spacial score (nSPS) is 20.6. The average molecular weight is 387 g/mol. The predicted octanol–water partition coefficient (Wildman–Crippen LogP) is 3.75. The Bertz CT molecular complexity index is 554. The van der Waals surface area contributed by atoms with E-state index < -0.39 is 5.97 Å². The van der Waals surface area contributed by atoms with Gasteiger partial charge in [0.15, 0.2) is 0 Å². The largest absolute Gasteiger partial charge is 0.478 e. The maximum absolute atomic E-state index is 12.4. The molecule has 0 spiro atoms. The van der Waals surface area contributed by atoms with Gasteiger partial charge in [-0.25, -0.2) is 4.79 Å². The molecule has 1 aliphatic rings. The third-order valence-electron chi connectivity index (χ3n) is 4.04. The minimum atomic E-state index is -1.02. The molecule has 1 amide bonds. The van der Waals surface area contributed by atoms with Crippen molar-refractivity contribution in [2.75, 3.05) is 5.32 Å². The van der Waals surface area contributed by atoms with Crippen molar-refractivity contribution in [2.45, 2.75) is 33.1 Å². The van der Waals surface area contributed by atoms with Gasteiger partial charge in [0.1, 0.15) is 0 Å². The van der Waals surface area contributed by atoms with E-state index in [9.17, 15) is 14.7 Å². The molecule has 1 unspecified atom stereocenters. The summed E-state index contributed by atoms with van der Waals surface area (Å²) in [5.74, 6) is -1.15. The predicted molar refractivity (Wildman–Crippen MR) is 85.9 cm³/mol. The first-order chi connectivity index (χ1) is 9.31. The van der Waals surface area contributed by atoms with E-state index in [-0.39, 0.29) is 22.8 Å². The molecule has 5 heteroatoms. The fourth-order valence-corrected chi connectivity index (χ4v) is 3.33. The number of aromatic carboxylic acids is 1. The lowest BCUT2D eigenvalue weighted by Crippen LogP contribution is -2.31. The molecule has 108 valence electrons. The third kappa shape index (κ3) is 3.13. The summed E-state index contributed by atoms with van der Waals surface area (Å²) in [6, 6.07) is 5.02. The summed E-state index contributed by atoms with van der Waals surface area (Å²) >= 11 is 2.06. The molecule has 0 saturated heterocycles. The van der Waals surface area contributed by atoms with Gasteiger partial charge in [0, 0.05) is 9.49 Å². The summed E-state index contributed by atoms with van der Waals surface area (Å²) in [6.45, 7) is 4.19. The summed E-state index contributed by atoms with van der Waals surface area (Å²) in [5, 5.41) is 12.0. The van der Waals surface area contributed by atoms with Crippen LogP contribution in [-0.4, -0.2) is 17.0 Å². The van der Waals surface area contributed by atoms with Crippen LogP contribution in [0.1, 0.15) is 43.5 Å². The van der Waals surface area contributed by atoms with Gasteiger partial charge in [-0.1, -0.05) is 20.3 Å². The van der Waals surface area contributed by atoms with E-state index >= 15 is 0 Å². The van der Waals surface area contributed by atoms with Gasteiger partial charge in [-0.15, -0.1) is 0 Å². The van der Waals surface area contributed by atoms with Crippen molar-refractivity contribution in [1.29, 1.82) is 0 Å². The van der Waals surface area contributed by atoms with Crippen LogP contribution in [0.4, 0.5) is 5.69 Å². The molecule has 2 N–H and O–H groups in total. The van der Waals surface area contributed by atoms with Crippen LogP contribution in [0.3, 0.4) is 0 Å². The number of carboxylic acid groups (broad SMARTS) is 1. The molecule has 1 fully saturated rings. The van der Waals surface area contributed by atoms with Crippen LogP contribution < -0.4 is 5.32 Å². The lowest BCUT2D eigenvalue weighted by atomic mass is 9.81. The maximum atomic E-state index is 12.4. The Kier molecular flexibility index (Phi) is 4.36. The minimum absolute atomic E-state index is 0.0172. The number of carbonyl (C=O) groups excluding carboxylic acids is 1. The Morgan fingerprint density at radius 2 is 2.10 bits per heavy atom. The molecule has 0 heterocycles. The van der Waals surface area contributed by atoms with Crippen molar-refractivity contribution >= 4 is 40.2 Å². The number of carbonyl (C=O) groups is 2. The molecule has 1 aromatic carbocycles. The molecule has 0 aromatic heterocycles. The summed E-state index contributed by atoms with van der Waals surface area (Å²) in [5.41, 5.74) is 0.503. The highest BCUT2D eigenvalue weighted by molar-refractivity contribution is 14.1. The zero-order valence-corrected chi connectivity index (χ0v) is 13.7. The van der Waals surface area contributed by atoms with Gasteiger partial charge in [0.2, 0.25) is 5.91 Å². The van der Waals surface area contributed by atoms with Crippen LogP contribution >= 0.6 is 22.6 Å². The zero-order chi connectivity index (χ0) is 14.9. The van der Waals surface area contributed by atoms with E-state index in [2.05, 4.69) is 41.8 Å². The number of carboxylic acids is 1. The fraction of sp³-hybridized carbons (Fsp3) is 0.467. The summed E-state index contributed by atoms with van der Waals surface area (Å²) in [4.78, 5) is 23.6. The molecule has 1 saturated carbocycles. The monoisotopic (exact) mass is 387 g/mol. The fourth-order valence-electron chi connectivity index (χ4n) is 2.84. The van der Waals surface area contributed by atoms with Crippen molar-refractivity contribution < 1.29 is 14.7 Å². The Balaban J connectivity index is 2.22. The lowest BCUT2D eigenvalue weighted by molar-refractivity contribution is -0.122. The van der Waals surface area contributed by atoms with E-state index in [1.165, 1.54) is 0 Å². The zero-order valence-electron chi connectivity index (χ0n) is 11.6. The Labute approximate surface area is 132 Å². The van der Waals surface area contributed by atoms with Crippen LogP contribution in [-0.2, 0) is 4.79 Å². The van der Waals surface area contributed by atoms with Crippen LogP contribution in [0, 0.1) is 14.9 Å². The second kappa shape index (κ2) is 5.71. The smallest absolute Gasteiger partial charge is 0.337 e. The number of rotatable bonds is 3. The first-order valence-electron chi connectivity index (χ1n) is 6.65. The lowest BCUT2D eigenvalue weighted by Gasteiger charge is -2.26. The average Bonchev–Trinajstić information content (AvgIpc) is 2.71. The third-order valence-corrected chi connectivity index (χ3v) is 4.71. The van der Waals surface area contributed by atoms with E-state index in [1.54, 1.807) is 18.2 Å². The van der Waals surface area contributed by atoms with Gasteiger partial charge in [0.05, 0.1) is 11.3 Å². The maximum Gasteiger partial charge on any atom is 0.337 e. The van der Waals surface area contributed by atoms with Crippen molar-refractivity contribution in [3.05, 3.63) is 27.3 Å². The number of amides is 1. The molecule has 1 aliphatic carbocycles. The molecule has 0 radical (unpaired) electrons. The van der Waals surface area contributed by atoms with Crippen molar-refractivity contribution in [3.8, 4) is 0 Å². The number of anilines is 1. The highest BCUT2D eigenvalue weighted by atomic mass is 127. The Morgan fingerprint density at radius 1 is 1.40 bits per heavy atom. The Morgan fingerprint density at radius 3 is 2.65 bits per heavy atom. The van der Waals surface area contributed by atoms with Crippen molar-refractivity contribution in [2.24, 2.45) is 11.3 Å². The first-order valence-corrected chi connectivity index (χ1v) is 7.73. The van der Waals surface area contributed by atoms with Crippen LogP contribution in [0.2, 0.25) is 0 Å². The summed E-state index contributed by atoms with van der Waals surface area (Å²) in [7, 11) is 0. The van der Waals surface area contributed by atoms with Gasteiger partial charge in [-0.05, 0) is 59.0 Å². The summed E-state index contributed by atoms with van der Waals surface area (Å²) < 4.78 is 0.833. The van der Waals surface area contributed by atoms with Crippen LogP contribution in [0.15, 0.2) is 18.2 Å². The molecule has 0 bridgehead atoms. The van der Waals surface area contributed by atoms with Crippen LogP contribution in [0.5, 0.6) is 0 Å². The molecule has 4 nitrogen and oxygen atoms in total. The van der Waals surface area contributed by atoms with Gasteiger partial charge in [-0.2, -0.15) is 0 Å². The van der Waals surface area contributed by atoms with E-state index in [0.717, 1.165) is 22.8 Å². The molecule has 1 atom stereocenters. The van der Waals surface area contributed by atoms with Crippen molar-refractivity contribution in [1.82, 2.24) is 0 Å². The highest BCUT2D eigenvalue weighted by Gasteiger charge is 2.39. The number of halogens is 1. The van der Waals surface area contributed by atoms with E-state index in [4.69, 9.17) is 0 Å². The van der Waals surface area contributed by atoms with Crippen molar-refractivity contribution in [3.63, 3.8) is 0 Å².